The molecule has 5 nitrogen and oxygen atoms in total. The summed E-state index contributed by atoms with van der Waals surface area (Å²) in [6.45, 7) is 5.41. The Kier molecular flexibility index (Phi) is 7.77. The number of nitrogens with one attached hydrogen (secondary N) is 1. The Morgan fingerprint density at radius 1 is 1.21 bits per heavy atom. The largest absolute Gasteiger partial charge is 0.380 e. The van der Waals surface area contributed by atoms with E-state index in [1.165, 1.54) is 0 Å². The van der Waals surface area contributed by atoms with Gasteiger partial charge < -0.3 is 10.1 Å². The summed E-state index contributed by atoms with van der Waals surface area (Å²) in [6.07, 6.45) is 3.14. The highest BCUT2D eigenvalue weighted by atomic mass is 16.6. The maximum absolute atomic E-state index is 10.5. The summed E-state index contributed by atoms with van der Waals surface area (Å²) in [5.41, 5.74) is 1.24. The molecule has 1 N–H and O–H groups in total. The summed E-state index contributed by atoms with van der Waals surface area (Å²) in [5, 5.41) is 13.8. The van der Waals surface area contributed by atoms with Crippen LogP contribution < -0.4 is 5.32 Å². The Hall–Kier alpha value is -1.46. The van der Waals surface area contributed by atoms with Gasteiger partial charge in [-0.1, -0.05) is 25.5 Å². The van der Waals surface area contributed by atoms with Crippen molar-refractivity contribution in [3.05, 3.63) is 39.9 Å². The molecular formula is C14H22N2O3. The molecule has 0 radical (unpaired) electrons. The minimum absolute atomic E-state index is 0.140. The number of ether oxygens (including phenoxy) is 1. The number of nitrogens with zero attached hydrogens (tertiary/aromatic N) is 1. The van der Waals surface area contributed by atoms with Gasteiger partial charge in [-0.25, -0.2) is 0 Å². The lowest BCUT2D eigenvalue weighted by molar-refractivity contribution is -0.384. The van der Waals surface area contributed by atoms with Crippen molar-refractivity contribution in [1.29, 1.82) is 0 Å². The average molecular weight is 266 g/mol. The van der Waals surface area contributed by atoms with Crippen LogP contribution in [0.1, 0.15) is 25.3 Å². The second-order valence-electron chi connectivity index (χ2n) is 4.39. The summed E-state index contributed by atoms with van der Waals surface area (Å²) < 4.78 is 5.43. The summed E-state index contributed by atoms with van der Waals surface area (Å²) >= 11 is 0. The first-order chi connectivity index (χ1) is 9.24. The third-order valence-electron chi connectivity index (χ3n) is 2.80. The van der Waals surface area contributed by atoms with Crippen LogP contribution in [0.4, 0.5) is 5.69 Å². The number of hydrogen-bond acceptors (Lipinski definition) is 4. The molecule has 0 spiro atoms. The summed E-state index contributed by atoms with van der Waals surface area (Å²) in [5.74, 6) is 0. The molecule has 5 heteroatoms. The van der Waals surface area contributed by atoms with E-state index in [0.29, 0.717) is 0 Å². The van der Waals surface area contributed by atoms with Crippen LogP contribution in [0.5, 0.6) is 0 Å². The lowest BCUT2D eigenvalue weighted by Gasteiger charge is -2.06. The van der Waals surface area contributed by atoms with Crippen LogP contribution in [-0.4, -0.2) is 31.2 Å². The SMILES string of the molecule is CCCCOCCNCCc1ccc([N+](=O)[O-])cc1. The quantitative estimate of drug-likeness (QED) is 0.401. The molecule has 0 aliphatic heterocycles. The molecular weight excluding hydrogens is 244 g/mol. The van der Waals surface area contributed by atoms with E-state index < -0.39 is 0 Å². The van der Waals surface area contributed by atoms with E-state index in [1.54, 1.807) is 24.3 Å². The lowest BCUT2D eigenvalue weighted by atomic mass is 10.1. The van der Waals surface area contributed by atoms with E-state index in [2.05, 4.69) is 12.2 Å². The van der Waals surface area contributed by atoms with Gasteiger partial charge in [0.05, 0.1) is 11.5 Å². The second kappa shape index (κ2) is 9.47. The van der Waals surface area contributed by atoms with Crippen molar-refractivity contribution < 1.29 is 9.66 Å². The van der Waals surface area contributed by atoms with Crippen molar-refractivity contribution in [3.63, 3.8) is 0 Å². The highest BCUT2D eigenvalue weighted by Crippen LogP contribution is 2.11. The molecule has 1 rings (SSSR count). The van der Waals surface area contributed by atoms with Gasteiger partial charge in [-0.3, -0.25) is 10.1 Å². The molecule has 0 aromatic heterocycles. The Bertz CT molecular complexity index is 365. The highest BCUT2D eigenvalue weighted by Gasteiger charge is 2.03. The van der Waals surface area contributed by atoms with Crippen LogP contribution in [0, 0.1) is 10.1 Å². The third-order valence-corrected chi connectivity index (χ3v) is 2.80. The number of non-ortho nitro benzene ring substituents is 1. The van der Waals surface area contributed by atoms with Crippen molar-refractivity contribution in [1.82, 2.24) is 5.32 Å². The van der Waals surface area contributed by atoms with E-state index in [9.17, 15) is 10.1 Å². The van der Waals surface area contributed by atoms with Crippen molar-refractivity contribution in [3.8, 4) is 0 Å². The standard InChI is InChI=1S/C14H22N2O3/c1-2-3-11-19-12-10-15-9-8-13-4-6-14(7-5-13)16(17)18/h4-7,15H,2-3,8-12H2,1H3. The molecule has 0 unspecified atom stereocenters. The van der Waals surface area contributed by atoms with Crippen LogP contribution in [0.15, 0.2) is 24.3 Å². The molecule has 1 aromatic rings. The van der Waals surface area contributed by atoms with E-state index in [4.69, 9.17) is 4.74 Å². The molecule has 0 saturated heterocycles. The Balaban J connectivity index is 2.07. The monoisotopic (exact) mass is 266 g/mol. The van der Waals surface area contributed by atoms with E-state index in [1.807, 2.05) is 0 Å². The molecule has 0 amide bonds. The molecule has 19 heavy (non-hydrogen) atoms. The molecule has 0 saturated carbocycles. The molecule has 0 fully saturated rings. The minimum Gasteiger partial charge on any atom is -0.380 e. The van der Waals surface area contributed by atoms with Gasteiger partial charge in [0.2, 0.25) is 0 Å². The summed E-state index contributed by atoms with van der Waals surface area (Å²) in [7, 11) is 0. The zero-order valence-electron chi connectivity index (χ0n) is 11.4. The molecule has 0 aliphatic rings. The first kappa shape index (κ1) is 15.6. The maximum atomic E-state index is 10.5. The fourth-order valence-corrected chi connectivity index (χ4v) is 1.63. The number of benzene rings is 1. The number of nitro benzene ring substituents is 1. The van der Waals surface area contributed by atoms with E-state index in [0.717, 1.165) is 51.1 Å². The third kappa shape index (κ3) is 6.88. The fourth-order valence-electron chi connectivity index (χ4n) is 1.63. The molecule has 1 aromatic carbocycles. The van der Waals surface area contributed by atoms with Crippen molar-refractivity contribution >= 4 is 5.69 Å². The van der Waals surface area contributed by atoms with Gasteiger partial charge in [0, 0.05) is 25.3 Å². The van der Waals surface area contributed by atoms with Gasteiger partial charge in [-0.15, -0.1) is 0 Å². The number of hydrogen-bond donors (Lipinski definition) is 1. The molecule has 0 heterocycles. The first-order valence-electron chi connectivity index (χ1n) is 6.76. The van der Waals surface area contributed by atoms with Gasteiger partial charge in [0.1, 0.15) is 0 Å². The van der Waals surface area contributed by atoms with Gasteiger partial charge in [-0.05, 0) is 24.9 Å². The van der Waals surface area contributed by atoms with Crippen LogP contribution in [0.2, 0.25) is 0 Å². The fraction of sp³-hybridized carbons (Fsp3) is 0.571. The summed E-state index contributed by atoms with van der Waals surface area (Å²) in [6, 6.07) is 6.70. The smallest absolute Gasteiger partial charge is 0.269 e. The summed E-state index contributed by atoms with van der Waals surface area (Å²) in [4.78, 5) is 10.1. The number of unbranched alkanes of at least 4 members (excludes halogenated alkanes) is 1. The Morgan fingerprint density at radius 2 is 1.95 bits per heavy atom. The van der Waals surface area contributed by atoms with Crippen LogP contribution in [0.25, 0.3) is 0 Å². The molecule has 0 aliphatic carbocycles. The number of nitro groups is 1. The normalized spacial score (nSPS) is 10.6. The van der Waals surface area contributed by atoms with Gasteiger partial charge in [0.25, 0.3) is 5.69 Å². The number of rotatable bonds is 10. The topological polar surface area (TPSA) is 64.4 Å². The maximum Gasteiger partial charge on any atom is 0.269 e. The first-order valence-corrected chi connectivity index (χ1v) is 6.76. The highest BCUT2D eigenvalue weighted by molar-refractivity contribution is 5.32. The van der Waals surface area contributed by atoms with Crippen LogP contribution >= 0.6 is 0 Å². The Morgan fingerprint density at radius 3 is 2.58 bits per heavy atom. The van der Waals surface area contributed by atoms with Gasteiger partial charge >= 0.3 is 0 Å². The van der Waals surface area contributed by atoms with Crippen molar-refractivity contribution in [2.24, 2.45) is 0 Å². The Labute approximate surface area is 114 Å². The van der Waals surface area contributed by atoms with Crippen molar-refractivity contribution in [2.45, 2.75) is 26.2 Å². The predicted octanol–water partition coefficient (Wildman–Crippen LogP) is 2.54. The second-order valence-corrected chi connectivity index (χ2v) is 4.39. The molecule has 0 bridgehead atoms. The predicted molar refractivity (Wildman–Crippen MR) is 75.4 cm³/mol. The van der Waals surface area contributed by atoms with Crippen LogP contribution in [0.3, 0.4) is 0 Å². The van der Waals surface area contributed by atoms with Crippen LogP contribution in [-0.2, 0) is 11.2 Å². The lowest BCUT2D eigenvalue weighted by Crippen LogP contribution is -2.22. The molecule has 0 atom stereocenters. The van der Waals surface area contributed by atoms with Crippen molar-refractivity contribution in [2.75, 3.05) is 26.3 Å². The van der Waals surface area contributed by atoms with Gasteiger partial charge in [-0.2, -0.15) is 0 Å². The average Bonchev–Trinajstić information content (AvgIpc) is 2.42. The van der Waals surface area contributed by atoms with E-state index in [-0.39, 0.29) is 10.6 Å². The zero-order chi connectivity index (χ0) is 13.9. The molecule has 106 valence electrons. The van der Waals surface area contributed by atoms with E-state index >= 15 is 0 Å². The van der Waals surface area contributed by atoms with Gasteiger partial charge in [0.15, 0.2) is 0 Å². The zero-order valence-corrected chi connectivity index (χ0v) is 11.4. The minimum atomic E-state index is -0.379.